The van der Waals surface area contributed by atoms with Crippen LogP contribution in [0.25, 0.3) is 11.0 Å². The van der Waals surface area contributed by atoms with Crippen LogP contribution < -0.4 is 4.90 Å². The summed E-state index contributed by atoms with van der Waals surface area (Å²) in [6.07, 6.45) is 5.09. The van der Waals surface area contributed by atoms with Gasteiger partial charge in [-0.2, -0.15) is 0 Å². The normalized spacial score (nSPS) is 17.6. The highest BCUT2D eigenvalue weighted by atomic mass is 35.5. The van der Waals surface area contributed by atoms with Gasteiger partial charge in [-0.25, -0.2) is 9.78 Å². The van der Waals surface area contributed by atoms with Crippen LogP contribution in [-0.4, -0.2) is 71.0 Å². The van der Waals surface area contributed by atoms with Crippen LogP contribution in [0, 0.1) is 0 Å². The van der Waals surface area contributed by atoms with Crippen molar-refractivity contribution in [3.63, 3.8) is 0 Å². The summed E-state index contributed by atoms with van der Waals surface area (Å²) < 4.78 is 5.55. The number of ether oxygens (including phenoxy) is 1. The molecule has 1 atom stereocenters. The van der Waals surface area contributed by atoms with E-state index >= 15 is 0 Å². The molecule has 9 heteroatoms. The monoisotopic (exact) mass is 507 g/mol. The summed E-state index contributed by atoms with van der Waals surface area (Å²) in [5.41, 5.74) is 2.43. The molecule has 0 bridgehead atoms. The first-order valence-electron chi connectivity index (χ1n) is 12.4. The molecule has 3 aromatic rings. The highest BCUT2D eigenvalue weighted by Gasteiger charge is 2.32. The molecular formula is C27H30ClN5O3. The van der Waals surface area contributed by atoms with Gasteiger partial charge < -0.3 is 19.4 Å². The minimum atomic E-state index is -0.355. The van der Waals surface area contributed by atoms with Crippen molar-refractivity contribution in [2.45, 2.75) is 38.3 Å². The molecule has 0 aliphatic carbocycles. The van der Waals surface area contributed by atoms with E-state index in [1.54, 1.807) is 16.8 Å². The maximum absolute atomic E-state index is 13.6. The molecule has 4 heterocycles. The summed E-state index contributed by atoms with van der Waals surface area (Å²) >= 11 is 6.50. The Balaban J connectivity index is 1.31. The molecule has 2 fully saturated rings. The van der Waals surface area contributed by atoms with Crippen molar-refractivity contribution in [1.82, 2.24) is 19.8 Å². The number of anilines is 1. The SMILES string of the molecule is CN(C[C@@H]1CCCN1C(=O)OCc1ccccc1)C(=O)c1c(Cl)cnc2ccc(N3CCCC3)nc12. The van der Waals surface area contributed by atoms with Gasteiger partial charge in [0, 0.05) is 39.4 Å². The number of benzene rings is 1. The number of carbonyl (C=O) groups excluding carboxylic acids is 2. The first-order chi connectivity index (χ1) is 17.5. The molecule has 188 valence electrons. The van der Waals surface area contributed by atoms with Gasteiger partial charge in [-0.05, 0) is 43.4 Å². The fraction of sp³-hybridized carbons (Fsp3) is 0.407. The van der Waals surface area contributed by atoms with E-state index in [1.165, 1.54) is 6.20 Å². The fourth-order valence-electron chi connectivity index (χ4n) is 5.02. The molecule has 0 saturated carbocycles. The Labute approximate surface area is 215 Å². The van der Waals surface area contributed by atoms with Crippen molar-refractivity contribution < 1.29 is 14.3 Å². The van der Waals surface area contributed by atoms with Crippen LogP contribution in [0.1, 0.15) is 41.6 Å². The lowest BCUT2D eigenvalue weighted by Crippen LogP contribution is -2.44. The van der Waals surface area contributed by atoms with Crippen molar-refractivity contribution in [3.8, 4) is 0 Å². The van der Waals surface area contributed by atoms with E-state index < -0.39 is 0 Å². The number of pyridine rings is 2. The number of amides is 2. The second-order valence-corrected chi connectivity index (χ2v) is 9.83. The maximum Gasteiger partial charge on any atom is 0.410 e. The smallest absolute Gasteiger partial charge is 0.410 e. The third kappa shape index (κ3) is 5.09. The minimum absolute atomic E-state index is 0.123. The Kier molecular flexibility index (Phi) is 7.23. The zero-order chi connectivity index (χ0) is 25.1. The summed E-state index contributed by atoms with van der Waals surface area (Å²) in [6.45, 7) is 3.12. The van der Waals surface area contributed by atoms with Gasteiger partial charge in [-0.15, -0.1) is 0 Å². The van der Waals surface area contributed by atoms with Gasteiger partial charge in [0.15, 0.2) is 0 Å². The lowest BCUT2D eigenvalue weighted by Gasteiger charge is -2.28. The van der Waals surface area contributed by atoms with E-state index in [-0.39, 0.29) is 29.7 Å². The molecule has 8 nitrogen and oxygen atoms in total. The maximum atomic E-state index is 13.6. The number of hydrogen-bond acceptors (Lipinski definition) is 6. The van der Waals surface area contributed by atoms with Crippen molar-refractivity contribution in [1.29, 1.82) is 0 Å². The average molecular weight is 508 g/mol. The van der Waals surface area contributed by atoms with E-state index in [0.717, 1.165) is 50.2 Å². The Morgan fingerprint density at radius 1 is 1.08 bits per heavy atom. The molecule has 2 aliphatic rings. The highest BCUT2D eigenvalue weighted by Crippen LogP contribution is 2.28. The predicted molar refractivity (Wildman–Crippen MR) is 139 cm³/mol. The third-order valence-corrected chi connectivity index (χ3v) is 7.23. The minimum Gasteiger partial charge on any atom is -0.445 e. The van der Waals surface area contributed by atoms with E-state index in [0.29, 0.717) is 29.7 Å². The summed E-state index contributed by atoms with van der Waals surface area (Å²) in [5, 5.41) is 0.274. The van der Waals surface area contributed by atoms with Crippen molar-refractivity contribution >= 4 is 40.5 Å². The molecule has 0 radical (unpaired) electrons. The molecule has 2 aromatic heterocycles. The van der Waals surface area contributed by atoms with E-state index in [1.807, 2.05) is 42.5 Å². The first-order valence-corrected chi connectivity index (χ1v) is 12.8. The summed E-state index contributed by atoms with van der Waals surface area (Å²) in [6, 6.07) is 13.3. The summed E-state index contributed by atoms with van der Waals surface area (Å²) in [7, 11) is 1.74. The van der Waals surface area contributed by atoms with Gasteiger partial charge in [-0.1, -0.05) is 41.9 Å². The predicted octanol–water partition coefficient (Wildman–Crippen LogP) is 4.76. The molecule has 0 spiro atoms. The third-order valence-electron chi connectivity index (χ3n) is 6.94. The molecule has 2 amide bonds. The van der Waals surface area contributed by atoms with Crippen LogP contribution >= 0.6 is 11.6 Å². The first kappa shape index (κ1) is 24.3. The highest BCUT2D eigenvalue weighted by molar-refractivity contribution is 6.35. The molecule has 36 heavy (non-hydrogen) atoms. The number of fused-ring (bicyclic) bond motifs is 1. The van der Waals surface area contributed by atoms with Gasteiger partial charge in [0.2, 0.25) is 0 Å². The zero-order valence-electron chi connectivity index (χ0n) is 20.4. The van der Waals surface area contributed by atoms with Gasteiger partial charge in [-0.3, -0.25) is 9.78 Å². The van der Waals surface area contributed by atoms with Gasteiger partial charge in [0.25, 0.3) is 5.91 Å². The van der Waals surface area contributed by atoms with Crippen LogP contribution in [0.3, 0.4) is 0 Å². The van der Waals surface area contributed by atoms with Crippen molar-refractivity contribution in [2.75, 3.05) is 38.1 Å². The van der Waals surface area contributed by atoms with Crippen LogP contribution in [-0.2, 0) is 11.3 Å². The number of halogens is 1. The largest absolute Gasteiger partial charge is 0.445 e. The zero-order valence-corrected chi connectivity index (χ0v) is 21.2. The summed E-state index contributed by atoms with van der Waals surface area (Å²) in [4.78, 5) is 41.2. The van der Waals surface area contributed by atoms with Crippen LogP contribution in [0.15, 0.2) is 48.7 Å². The van der Waals surface area contributed by atoms with E-state index in [4.69, 9.17) is 21.3 Å². The molecular weight excluding hydrogens is 478 g/mol. The second kappa shape index (κ2) is 10.7. The van der Waals surface area contributed by atoms with Crippen molar-refractivity contribution in [3.05, 3.63) is 64.8 Å². The van der Waals surface area contributed by atoms with Crippen molar-refractivity contribution in [2.24, 2.45) is 0 Å². The fourth-order valence-corrected chi connectivity index (χ4v) is 5.24. The van der Waals surface area contributed by atoms with E-state index in [9.17, 15) is 9.59 Å². The molecule has 0 N–H and O–H groups in total. The van der Waals surface area contributed by atoms with E-state index in [2.05, 4.69) is 9.88 Å². The Morgan fingerprint density at radius 2 is 1.86 bits per heavy atom. The molecule has 0 unspecified atom stereocenters. The number of nitrogens with zero attached hydrogens (tertiary/aromatic N) is 5. The summed E-state index contributed by atoms with van der Waals surface area (Å²) in [5.74, 6) is 0.604. The number of aromatic nitrogens is 2. The average Bonchev–Trinajstić information content (AvgIpc) is 3.60. The molecule has 2 saturated heterocycles. The van der Waals surface area contributed by atoms with Gasteiger partial charge >= 0.3 is 6.09 Å². The number of likely N-dealkylation sites (tertiary alicyclic amines) is 1. The van der Waals surface area contributed by atoms with Gasteiger partial charge in [0.05, 0.1) is 22.1 Å². The number of rotatable bonds is 6. The number of hydrogen-bond donors (Lipinski definition) is 0. The van der Waals surface area contributed by atoms with Crippen LogP contribution in [0.2, 0.25) is 5.02 Å². The Morgan fingerprint density at radius 3 is 2.64 bits per heavy atom. The molecule has 1 aromatic carbocycles. The lowest BCUT2D eigenvalue weighted by atomic mass is 10.1. The quantitative estimate of drug-likeness (QED) is 0.479. The molecule has 2 aliphatic heterocycles. The number of likely N-dealkylation sites (N-methyl/N-ethyl adjacent to an activating group) is 1. The molecule has 5 rings (SSSR count). The standard InChI is InChI=1S/C27H30ClN5O3/c1-31(17-20-10-7-15-33(20)27(35)36-18-19-8-3-2-4-9-19)26(34)24-21(28)16-29-22-11-12-23(30-25(22)24)32-13-5-6-14-32/h2-4,8-9,11-12,16,20H,5-7,10,13-15,17-18H2,1H3/t20-/m0/s1. The lowest BCUT2D eigenvalue weighted by molar-refractivity contribution is 0.0692. The topological polar surface area (TPSA) is 78.9 Å². The second-order valence-electron chi connectivity index (χ2n) is 9.43. The van der Waals surface area contributed by atoms with Crippen LogP contribution in [0.5, 0.6) is 0 Å². The van der Waals surface area contributed by atoms with Crippen LogP contribution in [0.4, 0.5) is 10.6 Å². The Hall–Kier alpha value is -3.39. The van der Waals surface area contributed by atoms with Gasteiger partial charge in [0.1, 0.15) is 17.9 Å². The number of carbonyl (C=O) groups is 2. The Bertz CT molecular complexity index is 1250.